The van der Waals surface area contributed by atoms with Gasteiger partial charge in [0, 0.05) is 0 Å². The predicted molar refractivity (Wildman–Crippen MR) is 137 cm³/mol. The number of nitrogens with zero attached hydrogens (tertiary/aromatic N) is 1. The van der Waals surface area contributed by atoms with Gasteiger partial charge in [-0.25, -0.2) is 0 Å². The van der Waals surface area contributed by atoms with E-state index in [0.29, 0.717) is 0 Å². The van der Waals surface area contributed by atoms with Crippen LogP contribution in [0.1, 0.15) is 0 Å². The fraction of sp³-hybridized carbons (Fsp3) is 0. The molecule has 0 saturated carbocycles. The van der Waals surface area contributed by atoms with Crippen molar-refractivity contribution in [3.63, 3.8) is 0 Å². The predicted octanol–water partition coefficient (Wildman–Crippen LogP) is 4.52. The molecule has 0 aliphatic rings. The summed E-state index contributed by atoms with van der Waals surface area (Å²) in [6, 6.07) is 42.9. The van der Waals surface area contributed by atoms with Crippen LogP contribution in [0.5, 0.6) is 0 Å². The minimum absolute atomic E-state index is 0.227. The molecule has 0 atom stereocenters. The first-order chi connectivity index (χ1) is 14.9. The summed E-state index contributed by atoms with van der Waals surface area (Å²) in [5, 5.41) is 15.1. The van der Waals surface area contributed by atoms with E-state index in [4.69, 9.17) is 0 Å². The molecule has 0 spiro atoms. The first kappa shape index (κ1) is 21.0. The third-order valence-corrected chi connectivity index (χ3v) is 13.6. The van der Waals surface area contributed by atoms with E-state index in [0.717, 1.165) is 0 Å². The number of hydrogen-bond donors (Lipinski definition) is 0. The molecule has 146 valence electrons. The van der Waals surface area contributed by atoms with Crippen molar-refractivity contribution in [2.45, 2.75) is 0 Å². The van der Waals surface area contributed by atoms with Crippen LogP contribution in [-0.4, -0.2) is 22.7 Å². The molecule has 30 heavy (non-hydrogen) atoms. The monoisotopic (exact) mass is 488 g/mol. The van der Waals surface area contributed by atoms with Crippen LogP contribution in [0.25, 0.3) is 5.41 Å². The van der Waals surface area contributed by atoms with Gasteiger partial charge in [-0.3, -0.25) is 0 Å². The summed E-state index contributed by atoms with van der Waals surface area (Å²) in [6.07, 6.45) is 0. The zero-order valence-corrected chi connectivity index (χ0v) is 19.8. The van der Waals surface area contributed by atoms with Crippen molar-refractivity contribution in [1.82, 2.24) is 0 Å². The second-order valence-electron chi connectivity index (χ2n) is 6.49. The second kappa shape index (κ2) is 10.7. The first-order valence-electron chi connectivity index (χ1n) is 9.62. The molecular weight excluding hydrogens is 467 g/mol. The van der Waals surface area contributed by atoms with Crippen LogP contribution in [0.2, 0.25) is 0 Å². The third kappa shape index (κ3) is 4.88. The first-order valence-corrected chi connectivity index (χ1v) is 14.0. The van der Waals surface area contributed by atoms with Gasteiger partial charge in [0.05, 0.1) is 0 Å². The fourth-order valence-corrected chi connectivity index (χ4v) is 13.4. The minimum atomic E-state index is -0.756. The van der Waals surface area contributed by atoms with Crippen LogP contribution < -0.4 is 21.2 Å². The molecule has 0 saturated heterocycles. The summed E-state index contributed by atoms with van der Waals surface area (Å²) in [6.45, 7) is 0. The van der Waals surface area contributed by atoms with Crippen LogP contribution in [-0.2, 0) is 0 Å². The fourth-order valence-electron chi connectivity index (χ4n) is 3.28. The number of benzene rings is 4. The number of hydrogen-bond acceptors (Lipinski definition) is 0. The van der Waals surface area contributed by atoms with Gasteiger partial charge in [-0.2, -0.15) is 0 Å². The SMILES string of the molecule is [N-]=C=[Se]=C(P(c1ccccc1)c1ccccc1)P(c1ccccc1)c1ccccc1. The Labute approximate surface area is 186 Å². The van der Waals surface area contributed by atoms with E-state index in [9.17, 15) is 5.41 Å². The molecule has 4 heteroatoms. The molecule has 0 unspecified atom stereocenters. The van der Waals surface area contributed by atoms with Crippen LogP contribution in [0.3, 0.4) is 0 Å². The Hall–Kier alpha value is -2.29. The van der Waals surface area contributed by atoms with Gasteiger partial charge in [0.15, 0.2) is 0 Å². The van der Waals surface area contributed by atoms with Crippen molar-refractivity contribution < 1.29 is 0 Å². The molecule has 4 aromatic carbocycles. The second-order valence-corrected chi connectivity index (χ2v) is 14.2. The van der Waals surface area contributed by atoms with E-state index in [1.54, 1.807) is 0 Å². The van der Waals surface area contributed by atoms with E-state index in [2.05, 4.69) is 126 Å². The Balaban J connectivity index is 1.98. The molecule has 0 fully saturated rings. The van der Waals surface area contributed by atoms with Gasteiger partial charge in [0.25, 0.3) is 0 Å². The Morgan fingerprint density at radius 2 is 0.767 bits per heavy atom. The molecule has 0 radical (unpaired) electrons. The van der Waals surface area contributed by atoms with E-state index in [-0.39, 0.29) is 14.1 Å². The van der Waals surface area contributed by atoms with Crippen molar-refractivity contribution in [2.24, 2.45) is 0 Å². The standard InChI is InChI=1S/C26H20NP2Se/c27-21-30-26(28(22-13-5-1-6-14-22)23-15-7-2-8-16-23)29(24-17-9-3-10-18-24)25-19-11-4-12-20-25/h1-20H/q-1. The van der Waals surface area contributed by atoms with Crippen LogP contribution in [0.15, 0.2) is 121 Å². The molecule has 4 rings (SSSR count). The molecule has 4 aromatic rings. The van der Waals surface area contributed by atoms with Crippen molar-refractivity contribution in [3.05, 3.63) is 127 Å². The summed E-state index contributed by atoms with van der Waals surface area (Å²) in [5.74, 6) is 0. The van der Waals surface area contributed by atoms with Crippen LogP contribution in [0, 0.1) is 0 Å². The summed E-state index contributed by atoms with van der Waals surface area (Å²) in [7, 11) is -1.51. The van der Waals surface area contributed by atoms with E-state index < -0.39 is 15.8 Å². The van der Waals surface area contributed by atoms with Gasteiger partial charge in [0.2, 0.25) is 0 Å². The van der Waals surface area contributed by atoms with Gasteiger partial charge >= 0.3 is 186 Å². The Kier molecular flexibility index (Phi) is 7.44. The van der Waals surface area contributed by atoms with Crippen molar-refractivity contribution >= 4 is 59.8 Å². The zero-order chi connectivity index (χ0) is 20.6. The average Bonchev–Trinajstić information content (AvgIpc) is 2.82. The summed E-state index contributed by atoms with van der Waals surface area (Å²) in [4.78, 5) is 0. The van der Waals surface area contributed by atoms with Gasteiger partial charge < -0.3 is 0 Å². The van der Waals surface area contributed by atoms with Crippen molar-refractivity contribution in [2.75, 3.05) is 0 Å². The maximum atomic E-state index is 9.90. The summed E-state index contributed by atoms with van der Waals surface area (Å²) >= 11 is -0.227. The van der Waals surface area contributed by atoms with Gasteiger partial charge in [0.1, 0.15) is 0 Å². The normalized spacial score (nSPS) is 10.6. The summed E-state index contributed by atoms with van der Waals surface area (Å²) < 4.78 is 3.96. The topological polar surface area (TPSA) is 22.3 Å². The van der Waals surface area contributed by atoms with Crippen LogP contribution in [0.4, 0.5) is 0 Å². The quantitative estimate of drug-likeness (QED) is 0.217. The van der Waals surface area contributed by atoms with Crippen molar-refractivity contribution in [3.8, 4) is 0 Å². The number of rotatable bonds is 6. The molecule has 0 N–H and O–H groups in total. The molecular formula is C26H20NP2Se-. The van der Waals surface area contributed by atoms with Gasteiger partial charge in [-0.1, -0.05) is 0 Å². The Bertz CT molecular complexity index is 1000. The molecule has 1 nitrogen and oxygen atoms in total. The zero-order valence-electron chi connectivity index (χ0n) is 16.3. The van der Waals surface area contributed by atoms with Gasteiger partial charge in [-0.15, -0.1) is 0 Å². The van der Waals surface area contributed by atoms with Crippen molar-refractivity contribution in [1.29, 1.82) is 0 Å². The molecule has 0 aliphatic heterocycles. The molecule has 0 amide bonds. The molecule has 0 aliphatic carbocycles. The van der Waals surface area contributed by atoms with E-state index >= 15 is 0 Å². The Morgan fingerprint density at radius 1 is 0.500 bits per heavy atom. The van der Waals surface area contributed by atoms with Gasteiger partial charge in [-0.05, 0) is 0 Å². The maximum absolute atomic E-state index is 9.90. The van der Waals surface area contributed by atoms with E-state index in [1.165, 1.54) is 25.1 Å². The summed E-state index contributed by atoms with van der Waals surface area (Å²) in [5.41, 5.74) is 0. The third-order valence-electron chi connectivity index (χ3n) is 4.58. The Morgan fingerprint density at radius 3 is 1.00 bits per heavy atom. The van der Waals surface area contributed by atoms with Crippen LogP contribution >= 0.6 is 15.8 Å². The molecule has 0 heterocycles. The van der Waals surface area contributed by atoms with E-state index in [1.807, 2.05) is 0 Å². The average molecular weight is 487 g/mol. The molecule has 0 bridgehead atoms. The molecule has 0 aromatic heterocycles.